The molecule has 0 N–H and O–H groups in total. The molecule has 1 aromatic rings. The topological polar surface area (TPSA) is 63.6 Å². The lowest BCUT2D eigenvalue weighted by Crippen LogP contribution is -2.47. The minimum Gasteiger partial charge on any atom is -0.293 e. The van der Waals surface area contributed by atoms with Gasteiger partial charge in [0.15, 0.2) is 5.78 Å². The van der Waals surface area contributed by atoms with Gasteiger partial charge in [-0.3, -0.25) is 4.79 Å². The first-order valence-corrected chi connectivity index (χ1v) is 10.6. The van der Waals surface area contributed by atoms with Crippen molar-refractivity contribution in [3.05, 3.63) is 41.5 Å². The molecule has 0 fully saturated rings. The molecule has 0 saturated heterocycles. The maximum atomic E-state index is 12.6. The van der Waals surface area contributed by atoms with Crippen LogP contribution in [0.25, 0.3) is 0 Å². The monoisotopic (exact) mass is 475 g/mol. The van der Waals surface area contributed by atoms with Crippen LogP contribution in [0, 0.1) is 12.8 Å². The fourth-order valence-electron chi connectivity index (χ4n) is 2.34. The van der Waals surface area contributed by atoms with Crippen LogP contribution in [0.2, 0.25) is 0 Å². The van der Waals surface area contributed by atoms with Crippen molar-refractivity contribution in [1.29, 1.82) is 0 Å². The molecule has 130 valence electrons. The summed E-state index contributed by atoms with van der Waals surface area (Å²) in [5, 5.41) is 0. The van der Waals surface area contributed by atoms with Gasteiger partial charge in [0, 0.05) is 5.57 Å². The normalized spacial score (nSPS) is 26.8. The molecule has 0 spiro atoms. The van der Waals surface area contributed by atoms with Crippen LogP contribution in [-0.4, -0.2) is 29.1 Å². The lowest BCUT2D eigenvalue weighted by atomic mass is 9.83. The van der Waals surface area contributed by atoms with Crippen molar-refractivity contribution in [3.63, 3.8) is 0 Å². The Hall–Kier alpha value is -0.790. The minimum atomic E-state index is -3.86. The highest BCUT2D eigenvalue weighted by Crippen LogP contribution is 2.38. The van der Waals surface area contributed by atoms with E-state index < -0.39 is 19.2 Å². The zero-order valence-electron chi connectivity index (χ0n) is 13.9. The molecule has 4 nitrogen and oxygen atoms in total. The Morgan fingerprint density at radius 3 is 2.25 bits per heavy atom. The zero-order valence-corrected chi connectivity index (χ0v) is 17.9. The SMILES string of the molecule is Cc1ccc(S(=O)(=O)N=C2C=C(C(C)C)C(=O)C(Br)C2(C)Br)cc1. The van der Waals surface area contributed by atoms with Crippen molar-refractivity contribution in [2.24, 2.45) is 10.3 Å². The Morgan fingerprint density at radius 1 is 1.21 bits per heavy atom. The molecule has 1 aliphatic carbocycles. The van der Waals surface area contributed by atoms with Gasteiger partial charge >= 0.3 is 0 Å². The summed E-state index contributed by atoms with van der Waals surface area (Å²) in [5.41, 5.74) is 1.85. The van der Waals surface area contributed by atoms with Gasteiger partial charge in [-0.25, -0.2) is 0 Å². The van der Waals surface area contributed by atoms with Crippen LogP contribution in [-0.2, 0) is 14.8 Å². The Labute approximate surface area is 159 Å². The summed E-state index contributed by atoms with van der Waals surface area (Å²) in [7, 11) is -3.86. The molecule has 0 amide bonds. The summed E-state index contributed by atoms with van der Waals surface area (Å²) < 4.78 is 28.4. The van der Waals surface area contributed by atoms with E-state index in [2.05, 4.69) is 36.3 Å². The van der Waals surface area contributed by atoms with E-state index >= 15 is 0 Å². The number of alkyl halides is 2. The summed E-state index contributed by atoms with van der Waals surface area (Å²) >= 11 is 6.86. The van der Waals surface area contributed by atoms with Crippen LogP contribution in [0.3, 0.4) is 0 Å². The molecule has 0 saturated carbocycles. The third-order valence-corrected chi connectivity index (χ3v) is 8.06. The maximum absolute atomic E-state index is 12.6. The number of aryl methyl sites for hydroxylation is 1. The van der Waals surface area contributed by atoms with E-state index in [0.29, 0.717) is 11.3 Å². The van der Waals surface area contributed by atoms with E-state index in [0.717, 1.165) is 5.56 Å². The highest BCUT2D eigenvalue weighted by atomic mass is 79.9. The van der Waals surface area contributed by atoms with Crippen molar-refractivity contribution in [3.8, 4) is 0 Å². The average molecular weight is 477 g/mol. The van der Waals surface area contributed by atoms with Crippen LogP contribution >= 0.6 is 31.9 Å². The predicted octanol–water partition coefficient (Wildman–Crippen LogP) is 4.21. The number of Topliss-reactive ketones (excluding diaryl/α,β-unsaturated/α-hetero) is 1. The van der Waals surface area contributed by atoms with Crippen molar-refractivity contribution >= 4 is 53.4 Å². The molecule has 7 heteroatoms. The second-order valence-corrected chi connectivity index (χ2v) is 10.5. The van der Waals surface area contributed by atoms with Gasteiger partial charge in [0.05, 0.1) is 19.8 Å². The number of benzene rings is 1. The van der Waals surface area contributed by atoms with E-state index in [1.807, 2.05) is 20.8 Å². The average Bonchev–Trinajstić information content (AvgIpc) is 2.48. The quantitative estimate of drug-likeness (QED) is 0.614. The second kappa shape index (κ2) is 6.84. The number of rotatable bonds is 3. The number of nitrogens with zero attached hydrogens (tertiary/aromatic N) is 1. The molecule has 0 aromatic heterocycles. The Kier molecular flexibility index (Phi) is 5.57. The van der Waals surface area contributed by atoms with Gasteiger partial charge in [-0.2, -0.15) is 12.8 Å². The molecule has 0 bridgehead atoms. The van der Waals surface area contributed by atoms with Crippen LogP contribution in [0.1, 0.15) is 26.3 Å². The van der Waals surface area contributed by atoms with Gasteiger partial charge in [-0.15, -0.1) is 0 Å². The number of hydrogen-bond acceptors (Lipinski definition) is 3. The molecule has 0 heterocycles. The Balaban J connectivity index is 2.60. The van der Waals surface area contributed by atoms with E-state index in [9.17, 15) is 13.2 Å². The first-order chi connectivity index (χ1) is 11.0. The zero-order chi connectivity index (χ0) is 18.3. The first kappa shape index (κ1) is 19.5. The summed E-state index contributed by atoms with van der Waals surface area (Å²) in [6, 6.07) is 6.53. The number of sulfonamides is 1. The van der Waals surface area contributed by atoms with Gasteiger partial charge in [0.1, 0.15) is 0 Å². The molecule has 1 aromatic carbocycles. The standard InChI is InChI=1S/C17H19Br2NO3S/c1-10(2)13-9-14(17(4,19)16(18)15(13)21)20-24(22,23)12-7-5-11(3)6-8-12/h5-10,16H,1-4H3. The molecular weight excluding hydrogens is 458 g/mol. The predicted molar refractivity (Wildman–Crippen MR) is 104 cm³/mol. The molecule has 24 heavy (non-hydrogen) atoms. The van der Waals surface area contributed by atoms with Crippen molar-refractivity contribution in [2.45, 2.75) is 41.7 Å². The lowest BCUT2D eigenvalue weighted by Gasteiger charge is -2.33. The number of carbonyl (C=O) groups excluding carboxylic acids is 1. The molecule has 0 radical (unpaired) electrons. The molecule has 2 rings (SSSR count). The number of carbonyl (C=O) groups is 1. The summed E-state index contributed by atoms with van der Waals surface area (Å²) in [5.74, 6) is -0.0792. The number of ketones is 1. The van der Waals surface area contributed by atoms with Crippen molar-refractivity contribution in [2.75, 3.05) is 0 Å². The van der Waals surface area contributed by atoms with Crippen LogP contribution in [0.5, 0.6) is 0 Å². The molecule has 2 atom stereocenters. The molecule has 2 unspecified atom stereocenters. The van der Waals surface area contributed by atoms with Crippen LogP contribution in [0.4, 0.5) is 0 Å². The van der Waals surface area contributed by atoms with E-state index in [1.165, 1.54) is 12.1 Å². The van der Waals surface area contributed by atoms with E-state index in [4.69, 9.17) is 0 Å². The van der Waals surface area contributed by atoms with E-state index in [1.54, 1.807) is 25.1 Å². The summed E-state index contributed by atoms with van der Waals surface area (Å²) in [6.07, 6.45) is 1.59. The molecule has 1 aliphatic rings. The Morgan fingerprint density at radius 2 is 1.75 bits per heavy atom. The van der Waals surface area contributed by atoms with Crippen molar-refractivity contribution < 1.29 is 13.2 Å². The van der Waals surface area contributed by atoms with E-state index in [-0.39, 0.29) is 16.6 Å². The van der Waals surface area contributed by atoms with Crippen LogP contribution < -0.4 is 0 Å². The Bertz CT molecular complexity index is 822. The highest BCUT2D eigenvalue weighted by molar-refractivity contribution is 9.13. The third kappa shape index (κ3) is 3.73. The third-order valence-electron chi connectivity index (χ3n) is 3.94. The largest absolute Gasteiger partial charge is 0.293 e. The number of hydrogen-bond donors (Lipinski definition) is 0. The van der Waals surface area contributed by atoms with Gasteiger partial charge in [0.2, 0.25) is 0 Å². The van der Waals surface area contributed by atoms with Gasteiger partial charge in [-0.1, -0.05) is 63.4 Å². The maximum Gasteiger partial charge on any atom is 0.282 e. The van der Waals surface area contributed by atoms with Gasteiger partial charge in [-0.05, 0) is 38.0 Å². The van der Waals surface area contributed by atoms with Crippen molar-refractivity contribution in [1.82, 2.24) is 0 Å². The first-order valence-electron chi connectivity index (χ1n) is 7.47. The number of halogens is 2. The number of allylic oxidation sites excluding steroid dienone is 2. The summed E-state index contributed by atoms with van der Waals surface area (Å²) in [4.78, 5) is 12.0. The molecule has 0 aliphatic heterocycles. The fraction of sp³-hybridized carbons (Fsp3) is 0.412. The lowest BCUT2D eigenvalue weighted by molar-refractivity contribution is -0.115. The molecular formula is C17H19Br2NO3S. The smallest absolute Gasteiger partial charge is 0.282 e. The highest BCUT2D eigenvalue weighted by Gasteiger charge is 2.45. The van der Waals surface area contributed by atoms with Crippen LogP contribution in [0.15, 0.2) is 45.2 Å². The van der Waals surface area contributed by atoms with Gasteiger partial charge < -0.3 is 0 Å². The van der Waals surface area contributed by atoms with Gasteiger partial charge in [0.25, 0.3) is 10.0 Å². The second-order valence-electron chi connectivity index (χ2n) is 6.32. The fourth-order valence-corrected chi connectivity index (χ4v) is 4.46. The minimum absolute atomic E-state index is 0.0200. The summed E-state index contributed by atoms with van der Waals surface area (Å²) in [6.45, 7) is 7.41.